The van der Waals surface area contributed by atoms with Crippen LogP contribution in [0, 0.1) is 0 Å². The van der Waals surface area contributed by atoms with Crippen LogP contribution < -0.4 is 0 Å². The first kappa shape index (κ1) is 10.8. The van der Waals surface area contributed by atoms with Crippen LogP contribution in [0.1, 0.15) is 47.1 Å². The summed E-state index contributed by atoms with van der Waals surface area (Å²) < 4.78 is 0. The van der Waals surface area contributed by atoms with Gasteiger partial charge in [0.05, 0.1) is 11.1 Å². The fourth-order valence-corrected chi connectivity index (χ4v) is 1.69. The molecule has 2 amide bonds. The van der Waals surface area contributed by atoms with Gasteiger partial charge in [-0.25, -0.2) is 0 Å². The second kappa shape index (κ2) is 3.15. The van der Waals surface area contributed by atoms with E-state index >= 15 is 0 Å². The number of imide groups is 1. The number of carbonyl (C=O) groups excluding carboxylic acids is 2. The number of fused-ring (bicyclic) bond motifs is 1. The minimum Gasteiger partial charge on any atom is -0.278 e. The molecule has 0 bridgehead atoms. The maximum Gasteiger partial charge on any atom is 0.285 e. The van der Waals surface area contributed by atoms with Gasteiger partial charge in [-0.3, -0.25) is 14.8 Å². The Balaban J connectivity index is 2.58. The minimum atomic E-state index is -0.652. The molecule has 1 heterocycles. The van der Waals surface area contributed by atoms with Crippen molar-refractivity contribution in [2.45, 2.75) is 26.2 Å². The fourth-order valence-electron chi connectivity index (χ4n) is 1.69. The van der Waals surface area contributed by atoms with Crippen LogP contribution in [0.3, 0.4) is 0 Å². The minimum absolute atomic E-state index is 0.0960. The standard InChI is InChI=1S/C12H13NO3/c1-12(2,3)7-4-5-8-9(6-7)11(15)13(16)10(8)14/h4-6,16H,1-3H3. The highest BCUT2D eigenvalue weighted by molar-refractivity contribution is 6.20. The van der Waals surface area contributed by atoms with E-state index in [0.717, 1.165) is 5.56 Å². The molecule has 16 heavy (non-hydrogen) atoms. The summed E-state index contributed by atoms with van der Waals surface area (Å²) in [5.74, 6) is -1.30. The van der Waals surface area contributed by atoms with Gasteiger partial charge in [-0.2, -0.15) is 0 Å². The number of carbonyl (C=O) groups is 2. The third kappa shape index (κ3) is 1.42. The molecule has 0 spiro atoms. The number of hydroxylamine groups is 2. The predicted octanol–water partition coefficient (Wildman–Crippen LogP) is 1.97. The van der Waals surface area contributed by atoms with Gasteiger partial charge in [0.2, 0.25) is 0 Å². The lowest BCUT2D eigenvalue weighted by molar-refractivity contribution is -0.0327. The van der Waals surface area contributed by atoms with Gasteiger partial charge in [-0.15, -0.1) is 5.06 Å². The number of benzene rings is 1. The summed E-state index contributed by atoms with van der Waals surface area (Å²) in [4.78, 5) is 23.0. The van der Waals surface area contributed by atoms with Crippen molar-refractivity contribution in [2.75, 3.05) is 0 Å². The lowest BCUT2D eigenvalue weighted by atomic mass is 9.85. The molecule has 1 aromatic rings. The van der Waals surface area contributed by atoms with Crippen LogP contribution in [0.15, 0.2) is 18.2 Å². The van der Waals surface area contributed by atoms with Gasteiger partial charge in [0, 0.05) is 0 Å². The Hall–Kier alpha value is -1.68. The maximum atomic E-state index is 11.5. The summed E-state index contributed by atoms with van der Waals surface area (Å²) in [5, 5.41) is 9.38. The fraction of sp³-hybridized carbons (Fsp3) is 0.333. The molecule has 1 aliphatic rings. The molecule has 0 aromatic heterocycles. The summed E-state index contributed by atoms with van der Waals surface area (Å²) in [6.07, 6.45) is 0. The van der Waals surface area contributed by atoms with Crippen molar-refractivity contribution >= 4 is 11.8 Å². The van der Waals surface area contributed by atoms with Gasteiger partial charge in [0.1, 0.15) is 0 Å². The quantitative estimate of drug-likeness (QED) is 0.536. The Labute approximate surface area is 93.4 Å². The van der Waals surface area contributed by atoms with E-state index in [9.17, 15) is 14.8 Å². The van der Waals surface area contributed by atoms with E-state index in [0.29, 0.717) is 0 Å². The summed E-state index contributed by atoms with van der Waals surface area (Å²) in [6, 6.07) is 5.07. The molecule has 0 saturated heterocycles. The second-order valence-corrected chi connectivity index (χ2v) is 4.93. The average molecular weight is 219 g/mol. The van der Waals surface area contributed by atoms with Crippen molar-refractivity contribution in [3.8, 4) is 0 Å². The average Bonchev–Trinajstić information content (AvgIpc) is 2.43. The van der Waals surface area contributed by atoms with Gasteiger partial charge < -0.3 is 0 Å². The van der Waals surface area contributed by atoms with Crippen LogP contribution in [-0.4, -0.2) is 22.1 Å². The van der Waals surface area contributed by atoms with E-state index in [2.05, 4.69) is 0 Å². The van der Waals surface area contributed by atoms with Gasteiger partial charge in [-0.1, -0.05) is 26.8 Å². The van der Waals surface area contributed by atoms with E-state index in [4.69, 9.17) is 0 Å². The first-order valence-electron chi connectivity index (χ1n) is 5.04. The second-order valence-electron chi connectivity index (χ2n) is 4.93. The number of nitrogens with zero attached hydrogens (tertiary/aromatic N) is 1. The summed E-state index contributed by atoms with van der Waals surface area (Å²) in [6.45, 7) is 6.06. The number of hydrogen-bond acceptors (Lipinski definition) is 3. The molecule has 0 unspecified atom stereocenters. The molecular formula is C12H13NO3. The zero-order valence-corrected chi connectivity index (χ0v) is 9.44. The Morgan fingerprint density at radius 3 is 2.19 bits per heavy atom. The smallest absolute Gasteiger partial charge is 0.278 e. The van der Waals surface area contributed by atoms with Crippen molar-refractivity contribution < 1.29 is 14.8 Å². The zero-order valence-electron chi connectivity index (χ0n) is 9.44. The summed E-state index contributed by atoms with van der Waals surface area (Å²) in [5.41, 5.74) is 1.41. The van der Waals surface area contributed by atoms with E-state index in [1.807, 2.05) is 26.8 Å². The highest BCUT2D eigenvalue weighted by atomic mass is 16.5. The summed E-state index contributed by atoms with van der Waals surface area (Å²) >= 11 is 0. The maximum absolute atomic E-state index is 11.5. The molecule has 0 fully saturated rings. The van der Waals surface area contributed by atoms with Gasteiger partial charge in [0.15, 0.2) is 0 Å². The van der Waals surface area contributed by atoms with Crippen LogP contribution in [0.5, 0.6) is 0 Å². The van der Waals surface area contributed by atoms with Crippen molar-refractivity contribution in [3.63, 3.8) is 0 Å². The van der Waals surface area contributed by atoms with Crippen LogP contribution in [0.4, 0.5) is 0 Å². The third-order valence-corrected chi connectivity index (χ3v) is 2.73. The molecule has 0 saturated carbocycles. The number of hydrogen-bond donors (Lipinski definition) is 1. The third-order valence-electron chi connectivity index (χ3n) is 2.73. The van der Waals surface area contributed by atoms with Gasteiger partial charge in [-0.05, 0) is 23.1 Å². The Morgan fingerprint density at radius 2 is 1.62 bits per heavy atom. The SMILES string of the molecule is CC(C)(C)c1ccc2c(c1)C(=O)N(O)C2=O. The lowest BCUT2D eigenvalue weighted by Crippen LogP contribution is -2.25. The molecule has 4 heteroatoms. The predicted molar refractivity (Wildman–Crippen MR) is 57.4 cm³/mol. The van der Waals surface area contributed by atoms with Crippen molar-refractivity contribution in [1.29, 1.82) is 0 Å². The first-order chi connectivity index (χ1) is 7.32. The molecular weight excluding hydrogens is 206 g/mol. The molecule has 2 rings (SSSR count). The van der Waals surface area contributed by atoms with E-state index < -0.39 is 11.8 Å². The number of rotatable bonds is 0. The normalized spacial score (nSPS) is 15.6. The lowest BCUT2D eigenvalue weighted by Gasteiger charge is -2.19. The van der Waals surface area contributed by atoms with Crippen LogP contribution >= 0.6 is 0 Å². The zero-order chi connectivity index (χ0) is 12.1. The van der Waals surface area contributed by atoms with E-state index in [1.165, 1.54) is 0 Å². The highest BCUT2D eigenvalue weighted by Gasteiger charge is 2.35. The molecule has 1 N–H and O–H groups in total. The van der Waals surface area contributed by atoms with Crippen molar-refractivity contribution in [3.05, 3.63) is 34.9 Å². The molecule has 1 aromatic carbocycles. The molecule has 84 valence electrons. The molecule has 1 aliphatic heterocycles. The molecule has 0 aliphatic carbocycles. The highest BCUT2D eigenvalue weighted by Crippen LogP contribution is 2.28. The monoisotopic (exact) mass is 219 g/mol. The first-order valence-corrected chi connectivity index (χ1v) is 5.04. The molecule has 0 atom stereocenters. The number of amides is 2. The molecule has 0 radical (unpaired) electrons. The van der Waals surface area contributed by atoms with Crippen LogP contribution in [0.25, 0.3) is 0 Å². The van der Waals surface area contributed by atoms with Gasteiger partial charge >= 0.3 is 0 Å². The Kier molecular flexibility index (Phi) is 2.13. The van der Waals surface area contributed by atoms with Crippen molar-refractivity contribution in [1.82, 2.24) is 5.06 Å². The topological polar surface area (TPSA) is 57.6 Å². The Bertz CT molecular complexity index is 486. The Morgan fingerprint density at radius 1 is 1.06 bits per heavy atom. The van der Waals surface area contributed by atoms with E-state index in [1.54, 1.807) is 12.1 Å². The van der Waals surface area contributed by atoms with Crippen LogP contribution in [0.2, 0.25) is 0 Å². The van der Waals surface area contributed by atoms with Crippen molar-refractivity contribution in [2.24, 2.45) is 0 Å². The summed E-state index contributed by atoms with van der Waals surface area (Å²) in [7, 11) is 0. The largest absolute Gasteiger partial charge is 0.285 e. The van der Waals surface area contributed by atoms with Crippen LogP contribution in [-0.2, 0) is 5.41 Å². The molecule has 4 nitrogen and oxygen atoms in total. The van der Waals surface area contributed by atoms with E-state index in [-0.39, 0.29) is 21.6 Å². The van der Waals surface area contributed by atoms with Gasteiger partial charge in [0.25, 0.3) is 11.8 Å².